The highest BCUT2D eigenvalue weighted by Crippen LogP contribution is 2.48. The average Bonchev–Trinajstić information content (AvgIpc) is 3.55. The maximum Gasteiger partial charge on any atom is 0.418 e. The van der Waals surface area contributed by atoms with Crippen LogP contribution in [0.5, 0.6) is 6.01 Å². The summed E-state index contributed by atoms with van der Waals surface area (Å²) in [7, 11) is 2.17. The number of halogens is 5. The summed E-state index contributed by atoms with van der Waals surface area (Å²) < 4.78 is 63.8. The molecule has 5 atom stereocenters. The average molecular weight is 650 g/mol. The molecule has 5 heterocycles. The van der Waals surface area contributed by atoms with Gasteiger partial charge in [-0.15, -0.1) is 0 Å². The fourth-order valence-corrected chi connectivity index (χ4v) is 8.93. The Labute approximate surface area is 265 Å². The van der Waals surface area contributed by atoms with Crippen molar-refractivity contribution in [1.29, 1.82) is 0 Å². The van der Waals surface area contributed by atoms with E-state index >= 15 is 4.39 Å². The van der Waals surface area contributed by atoms with Crippen LogP contribution < -0.4 is 26.0 Å². The zero-order valence-corrected chi connectivity index (χ0v) is 26.4. The van der Waals surface area contributed by atoms with Gasteiger partial charge in [-0.1, -0.05) is 18.0 Å². The normalized spacial score (nSPS) is 32.2. The van der Waals surface area contributed by atoms with Crippen LogP contribution in [0.3, 0.4) is 0 Å². The zero-order valence-electron chi connectivity index (χ0n) is 25.6. The van der Waals surface area contributed by atoms with E-state index in [1.165, 1.54) is 6.92 Å². The molecule has 1 aromatic heterocycles. The van der Waals surface area contributed by atoms with Gasteiger partial charge in [0, 0.05) is 48.2 Å². The third kappa shape index (κ3) is 5.45. The summed E-state index contributed by atoms with van der Waals surface area (Å²) in [6, 6.07) is 2.78. The lowest BCUT2D eigenvalue weighted by Crippen LogP contribution is -2.50. The Balaban J connectivity index is 1.31. The lowest BCUT2D eigenvalue weighted by Gasteiger charge is -2.44. The molecule has 4 fully saturated rings. The van der Waals surface area contributed by atoms with Gasteiger partial charge >= 0.3 is 12.2 Å². The first-order chi connectivity index (χ1) is 21.4. The molecule has 4 aliphatic heterocycles. The minimum absolute atomic E-state index is 0.0148. The predicted octanol–water partition coefficient (Wildman–Crippen LogP) is 5.50. The van der Waals surface area contributed by atoms with Crippen molar-refractivity contribution < 1.29 is 22.3 Å². The van der Waals surface area contributed by atoms with Crippen LogP contribution in [-0.2, 0) is 5.66 Å². The Morgan fingerprint density at radius 1 is 1.11 bits per heavy atom. The van der Waals surface area contributed by atoms with Crippen LogP contribution in [0.4, 0.5) is 23.4 Å². The van der Waals surface area contributed by atoms with Gasteiger partial charge < -0.3 is 30.9 Å². The van der Waals surface area contributed by atoms with E-state index in [1.807, 2.05) is 0 Å². The molecule has 244 valence electrons. The molecule has 1 unspecified atom stereocenters. The number of nitrogens with one attached hydrogen (secondary N) is 2. The van der Waals surface area contributed by atoms with E-state index in [4.69, 9.17) is 27.1 Å². The zero-order chi connectivity index (χ0) is 31.7. The third-order valence-corrected chi connectivity index (χ3v) is 11.1. The van der Waals surface area contributed by atoms with E-state index < -0.39 is 23.2 Å². The van der Waals surface area contributed by atoms with Gasteiger partial charge in [-0.3, -0.25) is 0 Å². The van der Waals surface area contributed by atoms with E-state index in [-0.39, 0.29) is 39.1 Å². The van der Waals surface area contributed by atoms with Crippen molar-refractivity contribution >= 4 is 28.3 Å². The van der Waals surface area contributed by atoms with Crippen LogP contribution in [0.15, 0.2) is 29.5 Å². The number of ether oxygens (including phenoxy) is 1. The topological polar surface area (TPSA) is 91.6 Å². The first kappa shape index (κ1) is 31.0. The highest BCUT2D eigenvalue weighted by molar-refractivity contribution is 6.32. The highest BCUT2D eigenvalue weighted by Gasteiger charge is 2.48. The lowest BCUT2D eigenvalue weighted by atomic mass is 9.76. The Morgan fingerprint density at radius 3 is 2.67 bits per heavy atom. The number of allylic oxidation sites excluding steroid dienone is 2. The third-order valence-electron chi connectivity index (χ3n) is 10.8. The monoisotopic (exact) mass is 649 g/mol. The van der Waals surface area contributed by atoms with Gasteiger partial charge in [0.1, 0.15) is 17.0 Å². The number of hydrogen-bond donors (Lipinski definition) is 3. The molecular weight excluding hydrogens is 610 g/mol. The fourth-order valence-electron chi connectivity index (χ4n) is 8.58. The highest BCUT2D eigenvalue weighted by atomic mass is 35.5. The van der Waals surface area contributed by atoms with Crippen LogP contribution in [-0.4, -0.2) is 72.5 Å². The molecule has 4 N–H and O–H groups in total. The number of nitrogens with zero attached hydrogens (tertiary/aromatic N) is 4. The summed E-state index contributed by atoms with van der Waals surface area (Å²) in [6.07, 6.45) is 5.86. The molecule has 1 saturated carbocycles. The van der Waals surface area contributed by atoms with Gasteiger partial charge in [-0.25, -0.2) is 4.39 Å². The minimum Gasteiger partial charge on any atom is -0.463 e. The molecule has 0 amide bonds. The number of hydrogen-bond acceptors (Lipinski definition) is 8. The number of nitrogens with two attached hydrogens (primary N) is 1. The molecule has 7 rings (SSSR count). The van der Waals surface area contributed by atoms with Crippen molar-refractivity contribution in [3.63, 3.8) is 0 Å². The van der Waals surface area contributed by atoms with Gasteiger partial charge in [0.05, 0.1) is 22.8 Å². The number of piperidine rings is 1. The standard InChI is InChI=1S/C32H40ClF4N7O/c1-18-14-31(38,39-15-22(18)32(35,36)37)25-23(33)13-21-27(26(25)34)41-29(42-28(21)44-12-8-19-6-7-20(16-44)40-19)45-17-30-9-3-5-24(30)43(2)11-4-10-30/h13-15,19-20,24,39-40H,3-12,16-17,38H2,1-2H3/t19-,20+,24+,30+,31?/m0/s1. The van der Waals surface area contributed by atoms with Crippen molar-refractivity contribution in [2.45, 2.75) is 88.3 Å². The number of aromatic nitrogens is 2. The first-order valence-corrected chi connectivity index (χ1v) is 16.3. The quantitative estimate of drug-likeness (QED) is 0.366. The molecular formula is C32H40ClF4N7O. The Morgan fingerprint density at radius 2 is 1.89 bits per heavy atom. The van der Waals surface area contributed by atoms with E-state index in [2.05, 4.69) is 32.5 Å². The van der Waals surface area contributed by atoms with Crippen molar-refractivity contribution in [3.8, 4) is 6.01 Å². The number of fused-ring (bicyclic) bond motifs is 4. The van der Waals surface area contributed by atoms with Crippen LogP contribution >= 0.6 is 11.6 Å². The van der Waals surface area contributed by atoms with Gasteiger partial charge in [-0.2, -0.15) is 23.1 Å². The fraction of sp³-hybridized carbons (Fsp3) is 0.625. The van der Waals surface area contributed by atoms with E-state index in [0.717, 1.165) is 70.2 Å². The van der Waals surface area contributed by atoms with E-state index in [9.17, 15) is 13.2 Å². The molecule has 3 saturated heterocycles. The molecule has 5 aliphatic rings. The number of rotatable bonds is 5. The van der Waals surface area contributed by atoms with Crippen LogP contribution in [0.2, 0.25) is 5.02 Å². The molecule has 1 aromatic carbocycles. The molecule has 2 bridgehead atoms. The van der Waals surface area contributed by atoms with Crippen LogP contribution in [0, 0.1) is 11.2 Å². The number of alkyl halides is 3. The number of dihydropyridines is 1. The van der Waals surface area contributed by atoms with Gasteiger partial charge in [0.25, 0.3) is 0 Å². The van der Waals surface area contributed by atoms with Gasteiger partial charge in [-0.05, 0) is 83.2 Å². The first-order valence-electron chi connectivity index (χ1n) is 15.9. The smallest absolute Gasteiger partial charge is 0.418 e. The molecule has 8 nitrogen and oxygen atoms in total. The summed E-state index contributed by atoms with van der Waals surface area (Å²) in [6.45, 7) is 4.18. The number of anilines is 1. The second-order valence-corrected chi connectivity index (χ2v) is 14.1. The van der Waals surface area contributed by atoms with Crippen LogP contribution in [0.25, 0.3) is 10.9 Å². The Kier molecular flexibility index (Phi) is 7.73. The van der Waals surface area contributed by atoms with Gasteiger partial charge in [0.15, 0.2) is 5.82 Å². The largest absolute Gasteiger partial charge is 0.463 e. The van der Waals surface area contributed by atoms with Crippen molar-refractivity contribution in [2.75, 3.05) is 38.2 Å². The molecule has 0 spiro atoms. The summed E-state index contributed by atoms with van der Waals surface area (Å²) in [4.78, 5) is 14.1. The van der Waals surface area contributed by atoms with E-state index in [1.54, 1.807) is 6.07 Å². The summed E-state index contributed by atoms with van der Waals surface area (Å²) >= 11 is 6.73. The molecule has 45 heavy (non-hydrogen) atoms. The maximum atomic E-state index is 16.8. The summed E-state index contributed by atoms with van der Waals surface area (Å²) in [5, 5.41) is 6.61. The Hall–Kier alpha value is -2.67. The second kappa shape index (κ2) is 11.2. The van der Waals surface area contributed by atoms with Crippen molar-refractivity contribution in [1.82, 2.24) is 25.5 Å². The Bertz CT molecular complexity index is 1570. The molecule has 2 aromatic rings. The maximum absolute atomic E-state index is 16.8. The number of benzene rings is 1. The lowest BCUT2D eigenvalue weighted by molar-refractivity contribution is -0.0901. The minimum atomic E-state index is -4.60. The number of likely N-dealkylation sites (tertiary alicyclic amines) is 1. The predicted molar refractivity (Wildman–Crippen MR) is 166 cm³/mol. The summed E-state index contributed by atoms with van der Waals surface area (Å²) in [5.74, 6) is -0.288. The summed E-state index contributed by atoms with van der Waals surface area (Å²) in [5.41, 5.74) is 3.46. The SMILES string of the molecule is CC1=CC(N)(c2c(Cl)cc3c(N4CC[C@@H]5CC[C@H](C4)N5)nc(OC[C@]45CCC[C@H]4N(C)CCC5)nc3c2F)NC=C1C(F)(F)F. The van der Waals surface area contributed by atoms with Crippen molar-refractivity contribution in [3.05, 3.63) is 45.9 Å². The van der Waals surface area contributed by atoms with E-state index in [0.29, 0.717) is 43.0 Å². The second-order valence-electron chi connectivity index (χ2n) is 13.7. The van der Waals surface area contributed by atoms with Gasteiger partial charge in [0.2, 0.25) is 0 Å². The molecule has 1 aliphatic carbocycles. The van der Waals surface area contributed by atoms with Crippen molar-refractivity contribution in [2.24, 2.45) is 11.1 Å². The molecule has 0 radical (unpaired) electrons. The van der Waals surface area contributed by atoms with Crippen LogP contribution in [0.1, 0.15) is 63.9 Å². The molecule has 13 heteroatoms.